The fraction of sp³-hybridized carbons (Fsp3) is 0. The Balaban J connectivity index is 1.12. The molecular formula is C44H26N6O. The van der Waals surface area contributed by atoms with Gasteiger partial charge in [-0.1, -0.05) is 72.8 Å². The first kappa shape index (κ1) is 27.8. The maximum atomic E-state index is 6.39. The minimum absolute atomic E-state index is 0.687. The topological polar surface area (TPSA) is 74.6 Å². The Bertz CT molecular complexity index is 3150. The normalized spacial score (nSPS) is 11.9. The maximum absolute atomic E-state index is 6.39. The SMILES string of the molecule is c1ccc(-n2ccc3ccc(-c4nc(-c5ccc6c(c5)c5ccccc5n6-c5ccnc6c5oc5cccnc56)c5ccccc5n4)cc32)cc1. The van der Waals surface area contributed by atoms with Gasteiger partial charge in [-0.15, -0.1) is 0 Å². The third kappa shape index (κ3) is 4.18. The number of furan rings is 1. The molecule has 0 radical (unpaired) electrons. The third-order valence-electron chi connectivity index (χ3n) is 9.87. The van der Waals surface area contributed by atoms with Gasteiger partial charge in [-0.3, -0.25) is 9.97 Å². The van der Waals surface area contributed by atoms with Crippen molar-refractivity contribution >= 4 is 65.8 Å². The van der Waals surface area contributed by atoms with Crippen molar-refractivity contribution in [3.8, 4) is 34.0 Å². The van der Waals surface area contributed by atoms with Gasteiger partial charge in [0.2, 0.25) is 0 Å². The van der Waals surface area contributed by atoms with Crippen LogP contribution in [0.3, 0.4) is 0 Å². The van der Waals surface area contributed by atoms with E-state index in [1.807, 2.05) is 36.5 Å². The van der Waals surface area contributed by atoms with Gasteiger partial charge in [0.15, 0.2) is 17.0 Å². The Morgan fingerprint density at radius 2 is 1.33 bits per heavy atom. The molecule has 0 aliphatic heterocycles. The third-order valence-corrected chi connectivity index (χ3v) is 9.87. The molecule has 5 aromatic carbocycles. The smallest absolute Gasteiger partial charge is 0.179 e. The maximum Gasteiger partial charge on any atom is 0.179 e. The molecule has 11 aromatic rings. The number of para-hydroxylation sites is 3. The second kappa shape index (κ2) is 10.7. The van der Waals surface area contributed by atoms with Crippen molar-refractivity contribution in [2.45, 2.75) is 0 Å². The van der Waals surface area contributed by atoms with E-state index in [4.69, 9.17) is 14.4 Å². The van der Waals surface area contributed by atoms with Crippen LogP contribution >= 0.6 is 0 Å². The standard InChI is InChI=1S/C44H26N6O/c1-2-9-30(10-3-1)49-24-21-27-16-17-29(26-38(27)49)44-47-34-13-6-4-12-32(34)40(48-44)28-18-19-36-33(25-28)31-11-5-7-14-35(31)50(36)37-20-23-46-42-41-39(51-43(37)42)15-8-22-45-41/h1-26H. The van der Waals surface area contributed by atoms with Gasteiger partial charge in [-0.25, -0.2) is 9.97 Å². The number of hydrogen-bond acceptors (Lipinski definition) is 5. The van der Waals surface area contributed by atoms with E-state index in [1.54, 1.807) is 6.20 Å². The molecule has 0 bridgehead atoms. The molecule has 0 saturated carbocycles. The van der Waals surface area contributed by atoms with E-state index in [2.05, 4.69) is 134 Å². The second-order valence-electron chi connectivity index (χ2n) is 12.8. The molecule has 0 amide bonds. The Hall–Kier alpha value is -7.12. The fourth-order valence-electron chi connectivity index (χ4n) is 7.53. The molecule has 7 nitrogen and oxygen atoms in total. The number of aromatic nitrogens is 6. The predicted molar refractivity (Wildman–Crippen MR) is 204 cm³/mol. The molecule has 0 saturated heterocycles. The molecule has 0 aliphatic rings. The van der Waals surface area contributed by atoms with Gasteiger partial charge in [-0.05, 0) is 72.1 Å². The molecule has 0 unspecified atom stereocenters. The van der Waals surface area contributed by atoms with Gasteiger partial charge >= 0.3 is 0 Å². The minimum Gasteiger partial charge on any atom is -0.450 e. The summed E-state index contributed by atoms with van der Waals surface area (Å²) in [7, 11) is 0. The van der Waals surface area contributed by atoms with E-state index in [0.717, 1.165) is 82.8 Å². The van der Waals surface area contributed by atoms with Crippen LogP contribution in [0, 0.1) is 0 Å². The highest BCUT2D eigenvalue weighted by Crippen LogP contribution is 2.39. The van der Waals surface area contributed by atoms with Crippen molar-refractivity contribution in [1.29, 1.82) is 0 Å². The van der Waals surface area contributed by atoms with Crippen molar-refractivity contribution in [3.63, 3.8) is 0 Å². The first-order chi connectivity index (χ1) is 25.3. The summed E-state index contributed by atoms with van der Waals surface area (Å²) in [5, 5.41) is 4.42. The lowest BCUT2D eigenvalue weighted by Gasteiger charge is -2.11. The van der Waals surface area contributed by atoms with E-state index in [-0.39, 0.29) is 0 Å². The molecule has 7 heteroatoms. The molecule has 0 N–H and O–H groups in total. The summed E-state index contributed by atoms with van der Waals surface area (Å²) >= 11 is 0. The summed E-state index contributed by atoms with van der Waals surface area (Å²) < 4.78 is 10.9. The van der Waals surface area contributed by atoms with E-state index >= 15 is 0 Å². The van der Waals surface area contributed by atoms with Crippen molar-refractivity contribution < 1.29 is 4.42 Å². The highest BCUT2D eigenvalue weighted by Gasteiger charge is 2.20. The molecule has 0 atom stereocenters. The van der Waals surface area contributed by atoms with E-state index in [9.17, 15) is 0 Å². The lowest BCUT2D eigenvalue weighted by Crippen LogP contribution is -1.97. The van der Waals surface area contributed by atoms with E-state index in [0.29, 0.717) is 17.0 Å². The zero-order valence-electron chi connectivity index (χ0n) is 27.1. The predicted octanol–water partition coefficient (Wildman–Crippen LogP) is 10.7. The molecule has 0 fully saturated rings. The van der Waals surface area contributed by atoms with Crippen LogP contribution in [0.2, 0.25) is 0 Å². The summed E-state index contributed by atoms with van der Waals surface area (Å²) in [4.78, 5) is 19.6. The first-order valence-corrected chi connectivity index (χ1v) is 16.9. The molecule has 6 heterocycles. The van der Waals surface area contributed by atoms with Gasteiger partial charge in [0.05, 0.1) is 33.4 Å². The number of pyridine rings is 2. The van der Waals surface area contributed by atoms with Crippen LogP contribution in [-0.4, -0.2) is 29.1 Å². The van der Waals surface area contributed by atoms with Gasteiger partial charge in [0.25, 0.3) is 0 Å². The van der Waals surface area contributed by atoms with E-state index < -0.39 is 0 Å². The quantitative estimate of drug-likeness (QED) is 0.189. The Kier molecular flexibility index (Phi) is 5.83. The van der Waals surface area contributed by atoms with Crippen molar-refractivity contribution in [2.75, 3.05) is 0 Å². The van der Waals surface area contributed by atoms with Crippen LogP contribution in [0.15, 0.2) is 163 Å². The number of fused-ring (bicyclic) bond motifs is 8. The van der Waals surface area contributed by atoms with Gasteiger partial charge in [0.1, 0.15) is 11.0 Å². The molecule has 0 aliphatic carbocycles. The van der Waals surface area contributed by atoms with Gasteiger partial charge in [-0.2, -0.15) is 0 Å². The molecule has 51 heavy (non-hydrogen) atoms. The lowest BCUT2D eigenvalue weighted by atomic mass is 10.0. The monoisotopic (exact) mass is 654 g/mol. The van der Waals surface area contributed by atoms with Crippen LogP contribution in [0.25, 0.3) is 99.8 Å². The van der Waals surface area contributed by atoms with Crippen LogP contribution in [0.4, 0.5) is 0 Å². The summed E-state index contributed by atoms with van der Waals surface area (Å²) in [6.07, 6.45) is 5.72. The number of hydrogen-bond donors (Lipinski definition) is 0. The van der Waals surface area contributed by atoms with Crippen LogP contribution in [0.5, 0.6) is 0 Å². The number of nitrogens with zero attached hydrogens (tertiary/aromatic N) is 6. The highest BCUT2D eigenvalue weighted by molar-refractivity contribution is 6.13. The average Bonchev–Trinajstić information content (AvgIpc) is 3.89. The van der Waals surface area contributed by atoms with Crippen molar-refractivity contribution in [3.05, 3.63) is 158 Å². The highest BCUT2D eigenvalue weighted by atomic mass is 16.3. The number of rotatable bonds is 4. The second-order valence-corrected chi connectivity index (χ2v) is 12.8. The van der Waals surface area contributed by atoms with Gasteiger partial charge in [0, 0.05) is 51.6 Å². The minimum atomic E-state index is 0.687. The first-order valence-electron chi connectivity index (χ1n) is 16.9. The fourth-order valence-corrected chi connectivity index (χ4v) is 7.53. The molecule has 6 aromatic heterocycles. The average molecular weight is 655 g/mol. The summed E-state index contributed by atoms with van der Waals surface area (Å²) in [5.41, 5.74) is 12.0. The largest absolute Gasteiger partial charge is 0.450 e. The van der Waals surface area contributed by atoms with Crippen molar-refractivity contribution in [1.82, 2.24) is 29.1 Å². The van der Waals surface area contributed by atoms with Crippen LogP contribution < -0.4 is 0 Å². The Morgan fingerprint density at radius 3 is 2.27 bits per heavy atom. The van der Waals surface area contributed by atoms with E-state index in [1.165, 1.54) is 0 Å². The summed E-state index contributed by atoms with van der Waals surface area (Å²) in [5.74, 6) is 0.687. The van der Waals surface area contributed by atoms with Crippen LogP contribution in [0.1, 0.15) is 0 Å². The molecule has 0 spiro atoms. The van der Waals surface area contributed by atoms with Crippen LogP contribution in [-0.2, 0) is 0 Å². The molecule has 238 valence electrons. The van der Waals surface area contributed by atoms with Gasteiger partial charge < -0.3 is 13.6 Å². The lowest BCUT2D eigenvalue weighted by molar-refractivity contribution is 0.665. The molecular weight excluding hydrogens is 629 g/mol. The Morgan fingerprint density at radius 1 is 0.529 bits per heavy atom. The Labute approximate surface area is 290 Å². The molecule has 11 rings (SSSR count). The number of benzene rings is 5. The van der Waals surface area contributed by atoms with Crippen molar-refractivity contribution in [2.24, 2.45) is 0 Å². The zero-order valence-corrected chi connectivity index (χ0v) is 27.1. The zero-order chi connectivity index (χ0) is 33.5. The summed E-state index contributed by atoms with van der Waals surface area (Å²) in [6.45, 7) is 0. The summed E-state index contributed by atoms with van der Waals surface area (Å²) in [6, 6.07) is 48.2.